The number of benzene rings is 3. The molecule has 1 heterocycles. The van der Waals surface area contributed by atoms with E-state index in [1.54, 1.807) is 31.4 Å². The molecule has 0 spiro atoms. The average Bonchev–Trinajstić information content (AvgIpc) is 3.19. The third-order valence-electron chi connectivity index (χ3n) is 4.69. The van der Waals surface area contributed by atoms with Crippen molar-refractivity contribution in [2.24, 2.45) is 0 Å². The van der Waals surface area contributed by atoms with Gasteiger partial charge in [0.05, 0.1) is 7.11 Å². The highest BCUT2D eigenvalue weighted by Gasteiger charge is 2.14. The van der Waals surface area contributed by atoms with Gasteiger partial charge in [-0.2, -0.15) is 0 Å². The number of nitrogens with zero attached hydrogens (tertiary/aromatic N) is 1. The Kier molecular flexibility index (Phi) is 5.45. The SMILES string of the molecule is COc1ccc(C(=O)NC(=S)Nc2cccc(-c3nc4ccccc4o3)c2C)cc1. The van der Waals surface area contributed by atoms with Crippen molar-refractivity contribution >= 4 is 40.0 Å². The molecule has 0 saturated carbocycles. The van der Waals surface area contributed by atoms with Crippen molar-refractivity contribution in [2.45, 2.75) is 6.92 Å². The molecule has 30 heavy (non-hydrogen) atoms. The molecule has 7 heteroatoms. The Labute approximate surface area is 178 Å². The number of hydrogen-bond acceptors (Lipinski definition) is 5. The van der Waals surface area contributed by atoms with Gasteiger partial charge < -0.3 is 14.5 Å². The second-order valence-electron chi connectivity index (χ2n) is 6.60. The van der Waals surface area contributed by atoms with Gasteiger partial charge in [-0.3, -0.25) is 10.1 Å². The maximum atomic E-state index is 12.4. The predicted octanol–water partition coefficient (Wildman–Crippen LogP) is 4.94. The number of ether oxygens (including phenoxy) is 1. The first-order valence-corrected chi connectivity index (χ1v) is 9.68. The number of methoxy groups -OCH3 is 1. The highest BCUT2D eigenvalue weighted by molar-refractivity contribution is 7.80. The summed E-state index contributed by atoms with van der Waals surface area (Å²) in [5, 5.41) is 5.98. The third-order valence-corrected chi connectivity index (χ3v) is 4.89. The van der Waals surface area contributed by atoms with Gasteiger partial charge in [0, 0.05) is 16.8 Å². The van der Waals surface area contributed by atoms with Crippen LogP contribution in [0.15, 0.2) is 71.1 Å². The van der Waals surface area contributed by atoms with Crippen molar-refractivity contribution in [2.75, 3.05) is 12.4 Å². The Balaban J connectivity index is 1.51. The molecule has 0 aliphatic heterocycles. The van der Waals surface area contributed by atoms with Crippen molar-refractivity contribution in [3.8, 4) is 17.2 Å². The Morgan fingerprint density at radius 1 is 1.03 bits per heavy atom. The van der Waals surface area contributed by atoms with Gasteiger partial charge in [0.1, 0.15) is 11.3 Å². The monoisotopic (exact) mass is 417 g/mol. The van der Waals surface area contributed by atoms with Gasteiger partial charge in [-0.15, -0.1) is 0 Å². The predicted molar refractivity (Wildman–Crippen MR) is 121 cm³/mol. The van der Waals surface area contributed by atoms with Crippen molar-refractivity contribution in [3.63, 3.8) is 0 Å². The van der Waals surface area contributed by atoms with E-state index in [0.717, 1.165) is 27.9 Å². The molecule has 150 valence electrons. The fraction of sp³-hybridized carbons (Fsp3) is 0.0870. The number of thiocarbonyl (C=S) groups is 1. The Hall–Kier alpha value is -3.71. The van der Waals surface area contributed by atoms with Crippen LogP contribution in [0.2, 0.25) is 0 Å². The van der Waals surface area contributed by atoms with E-state index in [-0.39, 0.29) is 11.0 Å². The van der Waals surface area contributed by atoms with Gasteiger partial charge in [0.15, 0.2) is 10.7 Å². The van der Waals surface area contributed by atoms with Crippen LogP contribution in [-0.4, -0.2) is 23.1 Å². The largest absolute Gasteiger partial charge is 0.497 e. The minimum Gasteiger partial charge on any atom is -0.497 e. The summed E-state index contributed by atoms with van der Waals surface area (Å²) in [6.45, 7) is 1.94. The lowest BCUT2D eigenvalue weighted by atomic mass is 10.1. The first-order chi connectivity index (χ1) is 14.5. The van der Waals surface area contributed by atoms with Crippen molar-refractivity contribution in [1.82, 2.24) is 10.3 Å². The van der Waals surface area contributed by atoms with Crippen LogP contribution in [0.1, 0.15) is 15.9 Å². The molecule has 0 fully saturated rings. The number of oxazole rings is 1. The molecule has 1 amide bonds. The maximum absolute atomic E-state index is 12.4. The van der Waals surface area contributed by atoms with E-state index in [9.17, 15) is 4.79 Å². The molecule has 3 aromatic carbocycles. The van der Waals surface area contributed by atoms with Crippen molar-refractivity contribution in [3.05, 3.63) is 77.9 Å². The standard InChI is InChI=1S/C23H19N3O3S/c1-14-17(22-24-19-7-3-4-9-20(19)29-22)6-5-8-18(14)25-23(30)26-21(27)15-10-12-16(28-2)13-11-15/h3-13H,1-2H3,(H2,25,26,27,30). The number of rotatable bonds is 4. The number of amides is 1. The topological polar surface area (TPSA) is 76.4 Å². The second-order valence-corrected chi connectivity index (χ2v) is 7.01. The molecule has 1 aromatic heterocycles. The van der Waals surface area contributed by atoms with Gasteiger partial charge in [-0.05, 0) is 73.2 Å². The van der Waals surface area contributed by atoms with Crippen LogP contribution < -0.4 is 15.4 Å². The summed E-state index contributed by atoms with van der Waals surface area (Å²) in [4.78, 5) is 17.0. The zero-order valence-electron chi connectivity index (χ0n) is 16.4. The summed E-state index contributed by atoms with van der Waals surface area (Å²) in [6.07, 6.45) is 0. The van der Waals surface area contributed by atoms with Crippen LogP contribution in [0.4, 0.5) is 5.69 Å². The number of nitrogens with one attached hydrogen (secondary N) is 2. The van der Waals surface area contributed by atoms with E-state index in [4.69, 9.17) is 21.4 Å². The Morgan fingerprint density at radius 3 is 2.53 bits per heavy atom. The zero-order chi connectivity index (χ0) is 21.1. The molecule has 4 aromatic rings. The quantitative estimate of drug-likeness (QED) is 0.458. The maximum Gasteiger partial charge on any atom is 0.257 e. The van der Waals surface area contributed by atoms with Crippen LogP contribution in [0, 0.1) is 6.92 Å². The van der Waals surface area contributed by atoms with Crippen LogP contribution in [0.5, 0.6) is 5.75 Å². The number of carbonyl (C=O) groups excluding carboxylic acids is 1. The third kappa shape index (κ3) is 4.01. The lowest BCUT2D eigenvalue weighted by Gasteiger charge is -2.13. The molecule has 6 nitrogen and oxygen atoms in total. The summed E-state index contributed by atoms with van der Waals surface area (Å²) >= 11 is 5.33. The van der Waals surface area contributed by atoms with E-state index in [0.29, 0.717) is 17.2 Å². The van der Waals surface area contributed by atoms with Crippen LogP contribution in [0.25, 0.3) is 22.6 Å². The molecule has 0 aliphatic rings. The van der Waals surface area contributed by atoms with E-state index in [1.165, 1.54) is 0 Å². The van der Waals surface area contributed by atoms with E-state index in [1.807, 2.05) is 49.4 Å². The van der Waals surface area contributed by atoms with Gasteiger partial charge in [0.25, 0.3) is 5.91 Å². The normalized spacial score (nSPS) is 10.6. The zero-order valence-corrected chi connectivity index (χ0v) is 17.2. The average molecular weight is 417 g/mol. The van der Waals surface area contributed by atoms with Crippen molar-refractivity contribution < 1.29 is 13.9 Å². The number of fused-ring (bicyclic) bond motifs is 1. The smallest absolute Gasteiger partial charge is 0.257 e. The first-order valence-electron chi connectivity index (χ1n) is 9.27. The van der Waals surface area contributed by atoms with Gasteiger partial charge in [-0.25, -0.2) is 4.98 Å². The van der Waals surface area contributed by atoms with E-state index >= 15 is 0 Å². The lowest BCUT2D eigenvalue weighted by Crippen LogP contribution is -2.34. The molecule has 0 radical (unpaired) electrons. The first kappa shape index (κ1) is 19.6. The number of para-hydroxylation sites is 2. The Morgan fingerprint density at radius 2 is 1.80 bits per heavy atom. The molecule has 2 N–H and O–H groups in total. The summed E-state index contributed by atoms with van der Waals surface area (Å²) in [7, 11) is 1.57. The Bertz CT molecular complexity index is 1200. The van der Waals surface area contributed by atoms with Crippen molar-refractivity contribution in [1.29, 1.82) is 0 Å². The van der Waals surface area contributed by atoms with Gasteiger partial charge in [-0.1, -0.05) is 18.2 Å². The number of carbonyl (C=O) groups is 1. The number of hydrogen-bond donors (Lipinski definition) is 2. The van der Waals surface area contributed by atoms with E-state index < -0.39 is 0 Å². The molecule has 0 unspecified atom stereocenters. The van der Waals surface area contributed by atoms with E-state index in [2.05, 4.69) is 15.6 Å². The molecule has 0 saturated heterocycles. The molecule has 0 aliphatic carbocycles. The molecule has 4 rings (SSSR count). The van der Waals surface area contributed by atoms with Crippen LogP contribution >= 0.6 is 12.2 Å². The molecule has 0 atom stereocenters. The summed E-state index contributed by atoms with van der Waals surface area (Å²) in [5.74, 6) is 0.910. The minimum absolute atomic E-state index is 0.202. The van der Waals surface area contributed by atoms with Gasteiger partial charge in [0.2, 0.25) is 5.89 Å². The summed E-state index contributed by atoms with van der Waals surface area (Å²) in [6, 6.07) is 20.1. The highest BCUT2D eigenvalue weighted by Crippen LogP contribution is 2.30. The van der Waals surface area contributed by atoms with Gasteiger partial charge >= 0.3 is 0 Å². The molecule has 0 bridgehead atoms. The molecular weight excluding hydrogens is 398 g/mol. The highest BCUT2D eigenvalue weighted by atomic mass is 32.1. The minimum atomic E-state index is -0.303. The second kappa shape index (κ2) is 8.34. The number of anilines is 1. The fourth-order valence-corrected chi connectivity index (χ4v) is 3.26. The lowest BCUT2D eigenvalue weighted by molar-refractivity contribution is 0.0977. The van der Waals surface area contributed by atoms with Crippen LogP contribution in [0.3, 0.4) is 0 Å². The summed E-state index contributed by atoms with van der Waals surface area (Å²) < 4.78 is 11.0. The summed E-state index contributed by atoms with van der Waals surface area (Å²) in [5.41, 5.74) is 4.53. The molecular formula is C23H19N3O3S. The number of aromatic nitrogens is 1. The fourth-order valence-electron chi connectivity index (χ4n) is 3.06. The van der Waals surface area contributed by atoms with Crippen LogP contribution in [-0.2, 0) is 0 Å².